The number of tetrazole rings is 1. The number of carbonyl (C=O) groups is 1. The van der Waals surface area contributed by atoms with Crippen molar-refractivity contribution in [1.82, 2.24) is 25.1 Å². The van der Waals surface area contributed by atoms with Gasteiger partial charge in [-0.15, -0.1) is 5.10 Å². The van der Waals surface area contributed by atoms with E-state index < -0.39 is 0 Å². The van der Waals surface area contributed by atoms with E-state index in [1.165, 1.54) is 23.7 Å². The molecule has 1 amide bonds. The topological polar surface area (TPSA) is 63.9 Å². The first kappa shape index (κ1) is 18.9. The van der Waals surface area contributed by atoms with Gasteiger partial charge in [0.1, 0.15) is 0 Å². The van der Waals surface area contributed by atoms with Crippen molar-refractivity contribution >= 4 is 17.7 Å². The summed E-state index contributed by atoms with van der Waals surface area (Å²) in [6, 6.07) is 6.07. The first-order valence-electron chi connectivity index (χ1n) is 9.17. The lowest BCUT2D eigenvalue weighted by Crippen LogP contribution is -2.45. The zero-order valence-corrected chi connectivity index (χ0v) is 17.0. The Bertz CT molecular complexity index is 780. The van der Waals surface area contributed by atoms with Crippen LogP contribution in [-0.2, 0) is 4.79 Å². The molecule has 0 aliphatic carbocycles. The van der Waals surface area contributed by atoms with E-state index in [4.69, 9.17) is 0 Å². The number of likely N-dealkylation sites (tertiary alicyclic amines) is 1. The normalized spacial score (nSPS) is 21.7. The fourth-order valence-electron chi connectivity index (χ4n) is 3.68. The Morgan fingerprint density at radius 2 is 1.92 bits per heavy atom. The highest BCUT2D eigenvalue weighted by Gasteiger charge is 2.29. The van der Waals surface area contributed by atoms with Gasteiger partial charge in [0.25, 0.3) is 0 Å². The molecule has 3 rings (SSSR count). The van der Waals surface area contributed by atoms with Gasteiger partial charge in [0.15, 0.2) is 0 Å². The van der Waals surface area contributed by atoms with Crippen molar-refractivity contribution in [3.8, 4) is 5.69 Å². The molecule has 1 aliphatic rings. The molecule has 6 nitrogen and oxygen atoms in total. The molecule has 2 aromatic rings. The average molecular weight is 374 g/mol. The molecule has 140 valence electrons. The van der Waals surface area contributed by atoms with E-state index in [0.717, 1.165) is 24.3 Å². The molecular weight excluding hydrogens is 346 g/mol. The van der Waals surface area contributed by atoms with Crippen molar-refractivity contribution in [2.75, 3.05) is 13.1 Å². The molecule has 1 aliphatic heterocycles. The third-order valence-electron chi connectivity index (χ3n) is 5.06. The Hall–Kier alpha value is -1.89. The molecule has 0 N–H and O–H groups in total. The number of benzene rings is 1. The van der Waals surface area contributed by atoms with Gasteiger partial charge in [0.05, 0.1) is 10.9 Å². The molecule has 0 radical (unpaired) electrons. The van der Waals surface area contributed by atoms with Crippen LogP contribution in [0.1, 0.15) is 38.3 Å². The van der Waals surface area contributed by atoms with Crippen LogP contribution in [0.15, 0.2) is 23.4 Å². The molecule has 7 heteroatoms. The summed E-state index contributed by atoms with van der Waals surface area (Å²) in [6.07, 6.45) is 1.19. The first-order valence-corrected chi connectivity index (χ1v) is 10.0. The Kier molecular flexibility index (Phi) is 5.65. The standard InChI is InChI=1S/C19H27N5OS/c1-12-9-13(2)11-23(10-12)18(25)16(5)26-19-20-21-22-24(19)17-8-6-7-14(3)15(17)4/h6-8,12-13,16H,9-11H2,1-5H3/t12-,13-,16+/m0/s1. The van der Waals surface area contributed by atoms with Gasteiger partial charge in [-0.2, -0.15) is 4.68 Å². The highest BCUT2D eigenvalue weighted by atomic mass is 32.2. The second kappa shape index (κ2) is 7.78. The van der Waals surface area contributed by atoms with Crippen molar-refractivity contribution in [2.24, 2.45) is 11.8 Å². The summed E-state index contributed by atoms with van der Waals surface area (Å²) in [5, 5.41) is 12.6. The quantitative estimate of drug-likeness (QED) is 0.770. The highest BCUT2D eigenvalue weighted by molar-refractivity contribution is 8.00. The van der Waals surface area contributed by atoms with E-state index in [-0.39, 0.29) is 11.2 Å². The maximum atomic E-state index is 12.9. The van der Waals surface area contributed by atoms with E-state index in [1.54, 1.807) is 4.68 Å². The Morgan fingerprint density at radius 1 is 1.23 bits per heavy atom. The van der Waals surface area contributed by atoms with Crippen LogP contribution in [-0.4, -0.2) is 49.4 Å². The SMILES string of the molecule is Cc1cccc(-n2nnnc2S[C@H](C)C(=O)N2C[C@@H](C)C[C@H](C)C2)c1C. The van der Waals surface area contributed by atoms with E-state index >= 15 is 0 Å². The van der Waals surface area contributed by atoms with Gasteiger partial charge < -0.3 is 4.90 Å². The summed E-state index contributed by atoms with van der Waals surface area (Å²) in [6.45, 7) is 12.2. The summed E-state index contributed by atoms with van der Waals surface area (Å²) in [4.78, 5) is 14.9. The van der Waals surface area contributed by atoms with Gasteiger partial charge in [-0.3, -0.25) is 4.79 Å². The van der Waals surface area contributed by atoms with Crippen LogP contribution in [0, 0.1) is 25.7 Å². The van der Waals surface area contributed by atoms with E-state index in [9.17, 15) is 4.79 Å². The number of rotatable bonds is 4. The lowest BCUT2D eigenvalue weighted by atomic mass is 9.92. The Morgan fingerprint density at radius 3 is 2.62 bits per heavy atom. The molecule has 1 aromatic carbocycles. The third kappa shape index (κ3) is 3.92. The molecular formula is C19H27N5OS. The highest BCUT2D eigenvalue weighted by Crippen LogP contribution is 2.28. The molecule has 0 bridgehead atoms. The van der Waals surface area contributed by atoms with Crippen molar-refractivity contribution < 1.29 is 4.79 Å². The van der Waals surface area contributed by atoms with Crippen molar-refractivity contribution in [3.05, 3.63) is 29.3 Å². The monoisotopic (exact) mass is 373 g/mol. The molecule has 2 heterocycles. The second-order valence-electron chi connectivity index (χ2n) is 7.54. The number of thioether (sulfide) groups is 1. The minimum atomic E-state index is -0.220. The fourth-order valence-corrected chi connectivity index (χ4v) is 4.56. The summed E-state index contributed by atoms with van der Waals surface area (Å²) >= 11 is 1.43. The number of aryl methyl sites for hydroxylation is 1. The van der Waals surface area contributed by atoms with Gasteiger partial charge in [-0.25, -0.2) is 0 Å². The minimum absolute atomic E-state index is 0.170. The van der Waals surface area contributed by atoms with Gasteiger partial charge >= 0.3 is 0 Å². The van der Waals surface area contributed by atoms with Crippen LogP contribution in [0.25, 0.3) is 5.69 Å². The molecule has 1 fully saturated rings. The predicted octanol–water partition coefficient (Wildman–Crippen LogP) is 3.26. The number of piperidine rings is 1. The number of aromatic nitrogens is 4. The zero-order chi connectivity index (χ0) is 18.8. The predicted molar refractivity (Wildman–Crippen MR) is 103 cm³/mol. The van der Waals surface area contributed by atoms with E-state index in [1.807, 2.05) is 24.0 Å². The Labute approximate surface area is 159 Å². The number of nitrogens with zero attached hydrogens (tertiary/aromatic N) is 5. The summed E-state index contributed by atoms with van der Waals surface area (Å²) in [7, 11) is 0. The van der Waals surface area contributed by atoms with Crippen molar-refractivity contribution in [1.29, 1.82) is 0 Å². The number of hydrogen-bond acceptors (Lipinski definition) is 5. The zero-order valence-electron chi connectivity index (χ0n) is 16.1. The van der Waals surface area contributed by atoms with Crippen molar-refractivity contribution in [3.63, 3.8) is 0 Å². The molecule has 1 aromatic heterocycles. The molecule has 1 saturated heterocycles. The number of carbonyl (C=O) groups excluding carboxylic acids is 1. The van der Waals surface area contributed by atoms with Crippen LogP contribution < -0.4 is 0 Å². The Balaban J connectivity index is 1.76. The lowest BCUT2D eigenvalue weighted by Gasteiger charge is -2.36. The van der Waals surface area contributed by atoms with Crippen LogP contribution in [0.2, 0.25) is 0 Å². The molecule has 0 unspecified atom stereocenters. The smallest absolute Gasteiger partial charge is 0.235 e. The van der Waals surface area contributed by atoms with E-state index in [0.29, 0.717) is 17.0 Å². The first-order chi connectivity index (χ1) is 12.4. The van der Waals surface area contributed by atoms with Gasteiger partial charge in [-0.1, -0.05) is 37.7 Å². The number of amides is 1. The molecule has 26 heavy (non-hydrogen) atoms. The van der Waals surface area contributed by atoms with Crippen LogP contribution in [0.5, 0.6) is 0 Å². The largest absolute Gasteiger partial charge is 0.341 e. The summed E-state index contributed by atoms with van der Waals surface area (Å²) < 4.78 is 1.73. The van der Waals surface area contributed by atoms with Gasteiger partial charge in [-0.05, 0) is 66.6 Å². The summed E-state index contributed by atoms with van der Waals surface area (Å²) in [5.74, 6) is 1.28. The van der Waals surface area contributed by atoms with Gasteiger partial charge in [0, 0.05) is 13.1 Å². The number of hydrogen-bond donors (Lipinski definition) is 0. The summed E-state index contributed by atoms with van der Waals surface area (Å²) in [5.41, 5.74) is 3.28. The van der Waals surface area contributed by atoms with Gasteiger partial charge in [0.2, 0.25) is 11.1 Å². The second-order valence-corrected chi connectivity index (χ2v) is 8.85. The van der Waals surface area contributed by atoms with Crippen LogP contribution >= 0.6 is 11.8 Å². The van der Waals surface area contributed by atoms with Crippen LogP contribution in [0.3, 0.4) is 0 Å². The third-order valence-corrected chi connectivity index (χ3v) is 6.08. The molecule has 3 atom stereocenters. The van der Waals surface area contributed by atoms with E-state index in [2.05, 4.69) is 49.3 Å². The lowest BCUT2D eigenvalue weighted by molar-refractivity contribution is -0.132. The maximum Gasteiger partial charge on any atom is 0.235 e. The van der Waals surface area contributed by atoms with Crippen molar-refractivity contribution in [2.45, 2.75) is 51.4 Å². The van der Waals surface area contributed by atoms with Crippen LogP contribution in [0.4, 0.5) is 0 Å². The molecule has 0 saturated carbocycles. The maximum absolute atomic E-state index is 12.9. The average Bonchev–Trinajstić information content (AvgIpc) is 3.03. The minimum Gasteiger partial charge on any atom is -0.341 e. The molecule has 0 spiro atoms. The fraction of sp³-hybridized carbons (Fsp3) is 0.579.